The summed E-state index contributed by atoms with van der Waals surface area (Å²) in [6.07, 6.45) is 7.21. The highest BCUT2D eigenvalue weighted by atomic mass is 19.1. The molecular formula is C34H39FN2O4. The van der Waals surface area contributed by atoms with Gasteiger partial charge in [0.15, 0.2) is 5.79 Å². The third kappa shape index (κ3) is 6.07. The average molecular weight is 559 g/mol. The summed E-state index contributed by atoms with van der Waals surface area (Å²) in [5.41, 5.74) is 8.28. The molecule has 0 saturated heterocycles. The van der Waals surface area contributed by atoms with Crippen LogP contribution in [0.25, 0.3) is 5.57 Å². The summed E-state index contributed by atoms with van der Waals surface area (Å²) >= 11 is 0. The summed E-state index contributed by atoms with van der Waals surface area (Å²) in [6, 6.07) is 11.2. The van der Waals surface area contributed by atoms with E-state index in [1.165, 1.54) is 12.7 Å². The normalized spacial score (nSPS) is 20.0. The van der Waals surface area contributed by atoms with Gasteiger partial charge >= 0.3 is 0 Å². The van der Waals surface area contributed by atoms with E-state index in [4.69, 9.17) is 14.2 Å². The molecule has 2 aliphatic rings. The van der Waals surface area contributed by atoms with Crippen LogP contribution in [-0.4, -0.2) is 34.8 Å². The Hall–Kier alpha value is -3.55. The lowest BCUT2D eigenvalue weighted by atomic mass is 9.87. The third-order valence-corrected chi connectivity index (χ3v) is 8.29. The number of ether oxygens (including phenoxy) is 3. The van der Waals surface area contributed by atoms with Crippen molar-refractivity contribution >= 4 is 5.57 Å². The zero-order valence-electron chi connectivity index (χ0n) is 24.7. The standard InChI is InChI=1S/C34H39FN2O4/c1-20(2)32(22(4)15-21(3)23-13-14-36-37-18-23)27-9-11-29(35)33-28(27)10-12-30(33)41-25-7-8-26-24(17-34(5,38)39-6)19-40-31(26)16-25/h7-9,11,13-16,18,21,24,30,38H,10,12,17,19H2,1-6H3/b22-15-. The quantitative estimate of drug-likeness (QED) is 0.217. The predicted octanol–water partition coefficient (Wildman–Crippen LogP) is 7.45. The molecule has 6 nitrogen and oxygen atoms in total. The first-order chi connectivity index (χ1) is 19.6. The van der Waals surface area contributed by atoms with Crippen LogP contribution in [0.2, 0.25) is 0 Å². The summed E-state index contributed by atoms with van der Waals surface area (Å²) in [4.78, 5) is 0. The molecule has 7 heteroatoms. The molecule has 41 heavy (non-hydrogen) atoms. The van der Waals surface area contributed by atoms with E-state index >= 15 is 4.39 Å². The summed E-state index contributed by atoms with van der Waals surface area (Å²) in [5, 5.41) is 18.3. The van der Waals surface area contributed by atoms with E-state index in [1.807, 2.05) is 30.3 Å². The number of methoxy groups -OCH3 is 1. The average Bonchev–Trinajstić information content (AvgIpc) is 3.54. The van der Waals surface area contributed by atoms with E-state index in [0.717, 1.165) is 45.6 Å². The largest absolute Gasteiger partial charge is 0.493 e. The van der Waals surface area contributed by atoms with E-state index in [9.17, 15) is 5.11 Å². The number of aliphatic hydroxyl groups is 1. The molecule has 1 N–H and O–H groups in total. The maximum absolute atomic E-state index is 15.4. The Morgan fingerprint density at radius 2 is 2.00 bits per heavy atom. The molecule has 0 saturated carbocycles. The summed E-state index contributed by atoms with van der Waals surface area (Å²) < 4.78 is 32.9. The molecular weight excluding hydrogens is 519 g/mol. The van der Waals surface area contributed by atoms with Gasteiger partial charge < -0.3 is 19.3 Å². The second-order valence-electron chi connectivity index (χ2n) is 11.6. The molecule has 216 valence electrons. The molecule has 1 aromatic heterocycles. The number of hydrogen-bond donors (Lipinski definition) is 1. The topological polar surface area (TPSA) is 73.7 Å². The Balaban J connectivity index is 1.40. The van der Waals surface area contributed by atoms with Gasteiger partial charge in [-0.2, -0.15) is 10.2 Å². The molecule has 1 aliphatic heterocycles. The van der Waals surface area contributed by atoms with Crippen molar-refractivity contribution in [1.29, 1.82) is 0 Å². The van der Waals surface area contributed by atoms with Crippen LogP contribution < -0.4 is 9.47 Å². The van der Waals surface area contributed by atoms with Gasteiger partial charge in [-0.3, -0.25) is 0 Å². The van der Waals surface area contributed by atoms with Crippen LogP contribution in [0.4, 0.5) is 4.39 Å². The van der Waals surface area contributed by atoms with Crippen molar-refractivity contribution in [2.24, 2.45) is 0 Å². The lowest BCUT2D eigenvalue weighted by Gasteiger charge is -2.24. The van der Waals surface area contributed by atoms with Crippen molar-refractivity contribution in [3.8, 4) is 11.5 Å². The van der Waals surface area contributed by atoms with Crippen LogP contribution in [-0.2, 0) is 11.2 Å². The minimum Gasteiger partial charge on any atom is -0.493 e. The van der Waals surface area contributed by atoms with Crippen LogP contribution in [0.15, 0.2) is 66.0 Å². The highest BCUT2D eigenvalue weighted by Gasteiger charge is 2.34. The first kappa shape index (κ1) is 29.0. The maximum atomic E-state index is 15.4. The van der Waals surface area contributed by atoms with Crippen molar-refractivity contribution in [3.63, 3.8) is 0 Å². The van der Waals surface area contributed by atoms with Gasteiger partial charge in [0.05, 0.1) is 12.8 Å². The Morgan fingerprint density at radius 3 is 2.71 bits per heavy atom. The molecule has 2 aromatic carbocycles. The third-order valence-electron chi connectivity index (χ3n) is 8.29. The van der Waals surface area contributed by atoms with Crippen molar-refractivity contribution < 1.29 is 23.7 Å². The van der Waals surface area contributed by atoms with E-state index in [1.54, 1.807) is 25.4 Å². The van der Waals surface area contributed by atoms with Crippen molar-refractivity contribution in [2.75, 3.05) is 13.7 Å². The summed E-state index contributed by atoms with van der Waals surface area (Å²) in [5.74, 6) is 0.0991. The predicted molar refractivity (Wildman–Crippen MR) is 157 cm³/mol. The molecule has 0 spiro atoms. The van der Waals surface area contributed by atoms with Gasteiger partial charge in [0.25, 0.3) is 0 Å². The van der Waals surface area contributed by atoms with Gasteiger partial charge in [0.2, 0.25) is 0 Å². The van der Waals surface area contributed by atoms with E-state index in [0.29, 0.717) is 30.8 Å². The number of benzene rings is 2. The summed E-state index contributed by atoms with van der Waals surface area (Å²) in [6.45, 7) is 10.6. The minimum absolute atomic E-state index is 0.0255. The molecule has 2 heterocycles. The molecule has 0 radical (unpaired) electrons. The highest BCUT2D eigenvalue weighted by Crippen LogP contribution is 2.45. The number of allylic oxidation sites excluding steroid dienone is 4. The highest BCUT2D eigenvalue weighted by molar-refractivity contribution is 5.83. The van der Waals surface area contributed by atoms with Crippen LogP contribution in [0, 0.1) is 5.82 Å². The fraction of sp³-hybridized carbons (Fsp3) is 0.412. The molecule has 0 fully saturated rings. The molecule has 5 rings (SSSR count). The van der Waals surface area contributed by atoms with Gasteiger partial charge in [-0.15, -0.1) is 0 Å². The van der Waals surface area contributed by atoms with E-state index < -0.39 is 5.79 Å². The molecule has 0 amide bonds. The van der Waals surface area contributed by atoms with Crippen molar-refractivity contribution in [2.45, 2.75) is 77.6 Å². The fourth-order valence-corrected chi connectivity index (χ4v) is 6.23. The second kappa shape index (κ2) is 11.7. The van der Waals surface area contributed by atoms with Crippen molar-refractivity contribution in [3.05, 3.63) is 99.6 Å². The van der Waals surface area contributed by atoms with E-state index in [2.05, 4.69) is 44.0 Å². The number of fused-ring (bicyclic) bond motifs is 2. The van der Waals surface area contributed by atoms with Gasteiger partial charge in [0.1, 0.15) is 23.4 Å². The molecule has 4 unspecified atom stereocenters. The lowest BCUT2D eigenvalue weighted by Crippen LogP contribution is -2.29. The molecule has 3 aromatic rings. The van der Waals surface area contributed by atoms with Gasteiger partial charge in [-0.1, -0.05) is 30.7 Å². The maximum Gasteiger partial charge on any atom is 0.162 e. The van der Waals surface area contributed by atoms with Crippen LogP contribution in [0.5, 0.6) is 11.5 Å². The molecule has 4 atom stereocenters. The first-order valence-corrected chi connectivity index (χ1v) is 14.2. The number of hydrogen-bond acceptors (Lipinski definition) is 6. The Kier molecular flexibility index (Phi) is 8.30. The number of halogens is 1. The monoisotopic (exact) mass is 558 g/mol. The van der Waals surface area contributed by atoms with Crippen LogP contribution >= 0.6 is 0 Å². The van der Waals surface area contributed by atoms with Crippen molar-refractivity contribution in [1.82, 2.24) is 10.2 Å². The Morgan fingerprint density at radius 1 is 1.20 bits per heavy atom. The van der Waals surface area contributed by atoms with Gasteiger partial charge in [-0.25, -0.2) is 4.39 Å². The van der Waals surface area contributed by atoms with Crippen LogP contribution in [0.3, 0.4) is 0 Å². The number of nitrogens with zero attached hydrogens (tertiary/aromatic N) is 2. The molecule has 0 bridgehead atoms. The SMILES string of the molecule is COC(C)(O)CC1COc2cc(OC3CCc4c(C(=C(C)C)/C(C)=C\C(C)c5ccnnc5)ccc(F)c43)ccc21. The Labute approximate surface area is 241 Å². The fourth-order valence-electron chi connectivity index (χ4n) is 6.23. The zero-order valence-corrected chi connectivity index (χ0v) is 24.7. The zero-order chi connectivity index (χ0) is 29.3. The molecule has 1 aliphatic carbocycles. The summed E-state index contributed by atoms with van der Waals surface area (Å²) in [7, 11) is 1.50. The van der Waals surface area contributed by atoms with Gasteiger partial charge in [-0.05, 0) is 86.6 Å². The smallest absolute Gasteiger partial charge is 0.162 e. The van der Waals surface area contributed by atoms with Gasteiger partial charge in [0, 0.05) is 48.8 Å². The minimum atomic E-state index is -1.22. The lowest BCUT2D eigenvalue weighted by molar-refractivity contribution is -0.178. The van der Waals surface area contributed by atoms with Crippen LogP contribution in [0.1, 0.15) is 93.2 Å². The first-order valence-electron chi connectivity index (χ1n) is 14.2. The number of rotatable bonds is 9. The van der Waals surface area contributed by atoms with E-state index in [-0.39, 0.29) is 23.8 Å². The second-order valence-corrected chi connectivity index (χ2v) is 11.6. The number of aromatic nitrogens is 2. The Bertz CT molecular complexity index is 1480.